The molecule has 2 aromatic rings. The van der Waals surface area contributed by atoms with Gasteiger partial charge in [0.25, 0.3) is 0 Å². The number of furan rings is 1. The zero-order valence-corrected chi connectivity index (χ0v) is 9.37. The van der Waals surface area contributed by atoms with E-state index in [1.165, 1.54) is 30.5 Å². The SMILES string of the molecule is NCCC(O)(c1ccc2occc2c1)C(F)(F)F. The molecule has 0 bridgehead atoms. The van der Waals surface area contributed by atoms with E-state index < -0.39 is 18.2 Å². The van der Waals surface area contributed by atoms with Gasteiger partial charge in [0.15, 0.2) is 5.60 Å². The number of hydrogen-bond donors (Lipinski definition) is 2. The average Bonchev–Trinajstić information content (AvgIpc) is 2.74. The molecule has 0 amide bonds. The summed E-state index contributed by atoms with van der Waals surface area (Å²) in [4.78, 5) is 0. The summed E-state index contributed by atoms with van der Waals surface area (Å²) in [6.45, 7) is -0.264. The molecule has 2 rings (SSSR count). The molecular weight excluding hydrogens is 247 g/mol. The van der Waals surface area contributed by atoms with Gasteiger partial charge in [-0.3, -0.25) is 0 Å². The van der Waals surface area contributed by atoms with E-state index in [0.29, 0.717) is 11.0 Å². The van der Waals surface area contributed by atoms with Crippen molar-refractivity contribution in [3.05, 3.63) is 36.1 Å². The van der Waals surface area contributed by atoms with Crippen molar-refractivity contribution in [3.63, 3.8) is 0 Å². The number of alkyl halides is 3. The number of benzene rings is 1. The molecule has 0 saturated carbocycles. The van der Waals surface area contributed by atoms with Gasteiger partial charge >= 0.3 is 6.18 Å². The van der Waals surface area contributed by atoms with Gasteiger partial charge in [-0.15, -0.1) is 0 Å². The first-order chi connectivity index (χ1) is 8.38. The van der Waals surface area contributed by atoms with Gasteiger partial charge in [-0.2, -0.15) is 13.2 Å². The fraction of sp³-hybridized carbons (Fsp3) is 0.333. The summed E-state index contributed by atoms with van der Waals surface area (Å²) >= 11 is 0. The normalized spacial score (nSPS) is 15.8. The molecule has 6 heteroatoms. The summed E-state index contributed by atoms with van der Waals surface area (Å²) in [5, 5.41) is 10.4. The number of rotatable bonds is 3. The Morgan fingerprint density at radius 3 is 2.56 bits per heavy atom. The first-order valence-electron chi connectivity index (χ1n) is 5.35. The Morgan fingerprint density at radius 1 is 1.22 bits per heavy atom. The second-order valence-corrected chi connectivity index (χ2v) is 4.07. The minimum Gasteiger partial charge on any atom is -0.464 e. The van der Waals surface area contributed by atoms with Crippen molar-refractivity contribution in [1.82, 2.24) is 0 Å². The number of nitrogens with two attached hydrogens (primary N) is 1. The molecule has 3 N–H and O–H groups in total. The van der Waals surface area contributed by atoms with E-state index in [2.05, 4.69) is 0 Å². The lowest BCUT2D eigenvalue weighted by atomic mass is 9.89. The lowest BCUT2D eigenvalue weighted by molar-refractivity contribution is -0.268. The Balaban J connectivity index is 2.53. The first-order valence-corrected chi connectivity index (χ1v) is 5.35. The van der Waals surface area contributed by atoms with Gasteiger partial charge < -0.3 is 15.3 Å². The summed E-state index contributed by atoms with van der Waals surface area (Å²) in [6, 6.07) is 5.41. The Bertz CT molecular complexity index is 549. The first kappa shape index (κ1) is 12.9. The molecule has 1 aromatic carbocycles. The van der Waals surface area contributed by atoms with Crippen molar-refractivity contribution in [2.75, 3.05) is 6.54 Å². The Labute approximate surface area is 101 Å². The van der Waals surface area contributed by atoms with Crippen LogP contribution in [-0.2, 0) is 5.60 Å². The highest BCUT2D eigenvalue weighted by Gasteiger charge is 2.54. The highest BCUT2D eigenvalue weighted by atomic mass is 19.4. The van der Waals surface area contributed by atoms with Crippen LogP contribution in [-0.4, -0.2) is 17.8 Å². The van der Waals surface area contributed by atoms with Gasteiger partial charge in [-0.05, 0) is 30.3 Å². The molecular formula is C12H12F3NO2. The van der Waals surface area contributed by atoms with Crippen LogP contribution in [0.1, 0.15) is 12.0 Å². The van der Waals surface area contributed by atoms with Crippen molar-refractivity contribution in [2.45, 2.75) is 18.2 Å². The molecule has 0 aliphatic rings. The van der Waals surface area contributed by atoms with E-state index in [1.54, 1.807) is 0 Å². The molecule has 0 radical (unpaired) electrons. The summed E-state index contributed by atoms with van der Waals surface area (Å²) in [5.74, 6) is 0. The minimum absolute atomic E-state index is 0.227. The van der Waals surface area contributed by atoms with E-state index in [1.807, 2.05) is 0 Å². The van der Waals surface area contributed by atoms with Crippen molar-refractivity contribution < 1.29 is 22.7 Å². The van der Waals surface area contributed by atoms with Crippen molar-refractivity contribution in [2.24, 2.45) is 5.73 Å². The molecule has 0 aliphatic heterocycles. The van der Waals surface area contributed by atoms with Crippen LogP contribution in [0.3, 0.4) is 0 Å². The third-order valence-corrected chi connectivity index (χ3v) is 2.91. The molecule has 98 valence electrons. The monoisotopic (exact) mass is 259 g/mol. The van der Waals surface area contributed by atoms with Gasteiger partial charge in [-0.25, -0.2) is 0 Å². The molecule has 1 atom stereocenters. The fourth-order valence-corrected chi connectivity index (χ4v) is 1.88. The van der Waals surface area contributed by atoms with Crippen molar-refractivity contribution in [3.8, 4) is 0 Å². The lowest BCUT2D eigenvalue weighted by Crippen LogP contribution is -2.43. The Hall–Kier alpha value is -1.53. The number of hydrogen-bond acceptors (Lipinski definition) is 3. The van der Waals surface area contributed by atoms with Crippen LogP contribution in [0.5, 0.6) is 0 Å². The highest BCUT2D eigenvalue weighted by molar-refractivity contribution is 5.78. The van der Waals surface area contributed by atoms with Crippen LogP contribution >= 0.6 is 0 Å². The lowest BCUT2D eigenvalue weighted by Gasteiger charge is -2.30. The molecule has 1 aromatic heterocycles. The van der Waals surface area contributed by atoms with E-state index in [-0.39, 0.29) is 12.1 Å². The van der Waals surface area contributed by atoms with Crippen molar-refractivity contribution in [1.29, 1.82) is 0 Å². The van der Waals surface area contributed by atoms with E-state index in [4.69, 9.17) is 10.2 Å². The zero-order chi connectivity index (χ0) is 13.4. The van der Waals surface area contributed by atoms with Gasteiger partial charge in [0.2, 0.25) is 0 Å². The molecule has 0 aliphatic carbocycles. The number of aliphatic hydroxyl groups is 1. The Morgan fingerprint density at radius 2 is 1.94 bits per heavy atom. The van der Waals surface area contributed by atoms with E-state index >= 15 is 0 Å². The quantitative estimate of drug-likeness (QED) is 0.890. The standard InChI is InChI=1S/C12H12F3NO2/c13-12(14,15)11(17,4-5-16)9-1-2-10-8(7-9)3-6-18-10/h1-3,6-7,17H,4-5,16H2. The van der Waals surface area contributed by atoms with Gasteiger partial charge in [0.05, 0.1) is 6.26 Å². The van der Waals surface area contributed by atoms with Crippen LogP contribution < -0.4 is 5.73 Å². The van der Waals surface area contributed by atoms with Gasteiger partial charge in [0.1, 0.15) is 5.58 Å². The van der Waals surface area contributed by atoms with Crippen LogP contribution in [0.15, 0.2) is 34.9 Å². The molecule has 0 spiro atoms. The average molecular weight is 259 g/mol. The maximum absolute atomic E-state index is 13.0. The van der Waals surface area contributed by atoms with Crippen LogP contribution in [0.25, 0.3) is 11.0 Å². The summed E-state index contributed by atoms with van der Waals surface area (Å²) in [6.07, 6.45) is -3.98. The van der Waals surface area contributed by atoms with E-state index in [9.17, 15) is 18.3 Å². The Kier molecular flexibility index (Phi) is 3.08. The third-order valence-electron chi connectivity index (χ3n) is 2.91. The molecule has 0 fully saturated rings. The van der Waals surface area contributed by atoms with Gasteiger partial charge in [-0.1, -0.05) is 6.07 Å². The maximum atomic E-state index is 13.0. The highest BCUT2D eigenvalue weighted by Crippen LogP contribution is 2.42. The molecule has 1 unspecified atom stereocenters. The summed E-state index contributed by atoms with van der Waals surface area (Å²) in [5.41, 5.74) is 2.48. The third kappa shape index (κ3) is 1.97. The molecule has 3 nitrogen and oxygen atoms in total. The predicted octanol–water partition coefficient (Wildman–Crippen LogP) is 2.53. The molecule has 0 saturated heterocycles. The van der Waals surface area contributed by atoms with Crippen LogP contribution in [0.2, 0.25) is 0 Å². The molecule has 18 heavy (non-hydrogen) atoms. The zero-order valence-electron chi connectivity index (χ0n) is 9.37. The van der Waals surface area contributed by atoms with E-state index in [0.717, 1.165) is 0 Å². The number of halogens is 3. The maximum Gasteiger partial charge on any atom is 0.421 e. The largest absolute Gasteiger partial charge is 0.464 e. The van der Waals surface area contributed by atoms with Crippen LogP contribution in [0.4, 0.5) is 13.2 Å². The van der Waals surface area contributed by atoms with Crippen molar-refractivity contribution >= 4 is 11.0 Å². The minimum atomic E-state index is -4.77. The molecule has 1 heterocycles. The topological polar surface area (TPSA) is 59.4 Å². The summed E-state index contributed by atoms with van der Waals surface area (Å²) < 4.78 is 44.0. The van der Waals surface area contributed by atoms with Crippen LogP contribution in [0, 0.1) is 0 Å². The number of fused-ring (bicyclic) bond motifs is 1. The summed E-state index contributed by atoms with van der Waals surface area (Å²) in [7, 11) is 0. The van der Waals surface area contributed by atoms with Gasteiger partial charge in [0, 0.05) is 11.8 Å². The fourth-order valence-electron chi connectivity index (χ4n) is 1.88. The second kappa shape index (κ2) is 4.29. The second-order valence-electron chi connectivity index (χ2n) is 4.07. The predicted molar refractivity (Wildman–Crippen MR) is 59.8 cm³/mol. The smallest absolute Gasteiger partial charge is 0.421 e.